The quantitative estimate of drug-likeness (QED) is 0.659. The first-order valence-corrected chi connectivity index (χ1v) is 10.1. The molecular weight excluding hydrogens is 379 g/mol. The molecule has 0 radical (unpaired) electrons. The van der Waals surface area contributed by atoms with Crippen LogP contribution in [0.5, 0.6) is 0 Å². The third-order valence-electron chi connectivity index (χ3n) is 5.39. The lowest BCUT2D eigenvalue weighted by molar-refractivity contribution is -0.135. The van der Waals surface area contributed by atoms with Crippen LogP contribution in [0.1, 0.15) is 29.0 Å². The van der Waals surface area contributed by atoms with E-state index in [0.717, 1.165) is 11.1 Å². The number of amides is 2. The Kier molecular flexibility index (Phi) is 5.89. The number of hydrogen-bond donors (Lipinski definition) is 1. The van der Waals surface area contributed by atoms with Crippen LogP contribution in [0.2, 0.25) is 0 Å². The van der Waals surface area contributed by atoms with Crippen LogP contribution in [0.4, 0.5) is 10.1 Å². The van der Waals surface area contributed by atoms with Gasteiger partial charge in [0.1, 0.15) is 5.82 Å². The third-order valence-corrected chi connectivity index (χ3v) is 5.39. The van der Waals surface area contributed by atoms with Gasteiger partial charge in [-0.25, -0.2) is 4.39 Å². The summed E-state index contributed by atoms with van der Waals surface area (Å²) in [4.78, 5) is 27.6. The monoisotopic (exact) mass is 402 g/mol. The van der Waals surface area contributed by atoms with E-state index in [9.17, 15) is 14.0 Å². The zero-order valence-electron chi connectivity index (χ0n) is 16.6. The predicted molar refractivity (Wildman–Crippen MR) is 114 cm³/mol. The Morgan fingerprint density at radius 1 is 0.967 bits per heavy atom. The largest absolute Gasteiger partial charge is 0.337 e. The summed E-state index contributed by atoms with van der Waals surface area (Å²) in [6.45, 7) is 0.994. The van der Waals surface area contributed by atoms with E-state index in [4.69, 9.17) is 0 Å². The van der Waals surface area contributed by atoms with Crippen molar-refractivity contribution in [1.82, 2.24) is 4.90 Å². The molecule has 4 rings (SSSR count). The number of halogens is 1. The zero-order chi connectivity index (χ0) is 20.9. The number of rotatable bonds is 6. The van der Waals surface area contributed by atoms with E-state index in [0.29, 0.717) is 30.8 Å². The molecule has 0 saturated heterocycles. The van der Waals surface area contributed by atoms with Gasteiger partial charge in [-0.05, 0) is 35.2 Å². The summed E-state index contributed by atoms with van der Waals surface area (Å²) in [7, 11) is 0. The minimum absolute atomic E-state index is 0.0636. The molecule has 1 unspecified atom stereocenters. The molecule has 3 aromatic carbocycles. The number of nitrogens with zero attached hydrogens (tertiary/aromatic N) is 1. The van der Waals surface area contributed by atoms with Gasteiger partial charge in [0.05, 0.1) is 5.92 Å². The number of nitrogens with one attached hydrogen (secondary N) is 1. The highest BCUT2D eigenvalue weighted by atomic mass is 19.1. The van der Waals surface area contributed by atoms with Gasteiger partial charge in [0.25, 0.3) is 0 Å². The van der Waals surface area contributed by atoms with Crippen molar-refractivity contribution in [1.29, 1.82) is 0 Å². The van der Waals surface area contributed by atoms with Crippen molar-refractivity contribution in [3.8, 4) is 0 Å². The molecule has 0 saturated carbocycles. The Morgan fingerprint density at radius 2 is 1.63 bits per heavy atom. The van der Waals surface area contributed by atoms with Crippen molar-refractivity contribution >= 4 is 17.5 Å². The van der Waals surface area contributed by atoms with Crippen LogP contribution < -0.4 is 5.32 Å². The lowest BCUT2D eigenvalue weighted by Gasteiger charge is -2.31. The number of carbonyl (C=O) groups is 2. The molecule has 3 aromatic rings. The molecule has 0 spiro atoms. The highest BCUT2D eigenvalue weighted by Gasteiger charge is 2.33. The Labute approximate surface area is 175 Å². The maximum Gasteiger partial charge on any atom is 0.231 e. The summed E-state index contributed by atoms with van der Waals surface area (Å²) < 4.78 is 13.7. The number of fused-ring (bicyclic) bond motifs is 1. The fourth-order valence-electron chi connectivity index (χ4n) is 3.86. The van der Waals surface area contributed by atoms with Gasteiger partial charge < -0.3 is 10.2 Å². The van der Waals surface area contributed by atoms with Crippen molar-refractivity contribution in [2.45, 2.75) is 25.3 Å². The third kappa shape index (κ3) is 4.57. The predicted octanol–water partition coefficient (Wildman–Crippen LogP) is 4.52. The molecule has 2 amide bonds. The standard InChI is InChI=1S/C25H23FN2O2/c26-20-11-12-21-22(16-24(29)27-23(21)15-20)25(30)28(17-19-9-5-2-6-10-19)14-13-18-7-3-1-4-8-18/h1-12,15,22H,13-14,16-17H2,(H,27,29). The van der Waals surface area contributed by atoms with Gasteiger partial charge in [-0.2, -0.15) is 0 Å². The lowest BCUT2D eigenvalue weighted by Crippen LogP contribution is -2.39. The number of benzene rings is 3. The van der Waals surface area contributed by atoms with E-state index in [1.165, 1.54) is 12.1 Å². The number of carbonyl (C=O) groups excluding carboxylic acids is 2. The summed E-state index contributed by atoms with van der Waals surface area (Å²) in [6, 6.07) is 24.0. The molecule has 1 aliphatic rings. The lowest BCUT2D eigenvalue weighted by atomic mass is 9.89. The molecule has 4 nitrogen and oxygen atoms in total. The second-order valence-electron chi connectivity index (χ2n) is 7.52. The van der Waals surface area contributed by atoms with Crippen molar-refractivity contribution in [2.24, 2.45) is 0 Å². The van der Waals surface area contributed by atoms with E-state index < -0.39 is 11.7 Å². The Morgan fingerprint density at radius 3 is 2.33 bits per heavy atom. The summed E-state index contributed by atoms with van der Waals surface area (Å²) in [5.74, 6) is -1.44. The summed E-state index contributed by atoms with van der Waals surface area (Å²) in [6.07, 6.45) is 0.780. The molecule has 0 aliphatic carbocycles. The fourth-order valence-corrected chi connectivity index (χ4v) is 3.86. The molecular formula is C25H23FN2O2. The maximum atomic E-state index is 13.7. The average molecular weight is 402 g/mol. The molecule has 152 valence electrons. The van der Waals surface area contributed by atoms with Crippen LogP contribution in [0.3, 0.4) is 0 Å². The van der Waals surface area contributed by atoms with Crippen molar-refractivity contribution in [3.63, 3.8) is 0 Å². The molecule has 0 fully saturated rings. The smallest absolute Gasteiger partial charge is 0.231 e. The minimum Gasteiger partial charge on any atom is -0.337 e. The van der Waals surface area contributed by atoms with E-state index in [2.05, 4.69) is 5.32 Å². The van der Waals surface area contributed by atoms with Crippen molar-refractivity contribution in [3.05, 3.63) is 101 Å². The molecule has 1 aliphatic heterocycles. The summed E-state index contributed by atoms with van der Waals surface area (Å²) in [5, 5.41) is 2.68. The minimum atomic E-state index is -0.617. The van der Waals surface area contributed by atoms with Crippen LogP contribution in [0, 0.1) is 5.82 Å². The number of hydrogen-bond acceptors (Lipinski definition) is 2. The van der Waals surface area contributed by atoms with E-state index >= 15 is 0 Å². The Bertz CT molecular complexity index is 1040. The van der Waals surface area contributed by atoms with Gasteiger partial charge in [0, 0.05) is 25.2 Å². The first-order valence-electron chi connectivity index (χ1n) is 10.1. The van der Waals surface area contributed by atoms with Gasteiger partial charge in [0.15, 0.2) is 0 Å². The molecule has 5 heteroatoms. The maximum absolute atomic E-state index is 13.7. The van der Waals surface area contributed by atoms with Crippen LogP contribution in [-0.4, -0.2) is 23.3 Å². The first kappa shape index (κ1) is 19.8. The topological polar surface area (TPSA) is 49.4 Å². The molecule has 0 aromatic heterocycles. The Hall–Kier alpha value is -3.47. The first-order chi connectivity index (χ1) is 14.6. The van der Waals surface area contributed by atoms with Crippen LogP contribution in [0.15, 0.2) is 78.9 Å². The van der Waals surface area contributed by atoms with Crippen molar-refractivity contribution in [2.75, 3.05) is 11.9 Å². The summed E-state index contributed by atoms with van der Waals surface area (Å²) in [5.41, 5.74) is 3.22. The molecule has 1 N–H and O–H groups in total. The van der Waals surface area contributed by atoms with Crippen LogP contribution in [-0.2, 0) is 22.6 Å². The van der Waals surface area contributed by atoms with Gasteiger partial charge in [-0.15, -0.1) is 0 Å². The second-order valence-corrected chi connectivity index (χ2v) is 7.52. The average Bonchev–Trinajstić information content (AvgIpc) is 2.76. The highest BCUT2D eigenvalue weighted by molar-refractivity contribution is 6.01. The molecule has 1 atom stereocenters. The van der Waals surface area contributed by atoms with Gasteiger partial charge >= 0.3 is 0 Å². The van der Waals surface area contributed by atoms with E-state index in [1.54, 1.807) is 11.0 Å². The second kappa shape index (κ2) is 8.91. The van der Waals surface area contributed by atoms with Gasteiger partial charge in [-0.1, -0.05) is 66.7 Å². The Balaban J connectivity index is 1.61. The molecule has 30 heavy (non-hydrogen) atoms. The van der Waals surface area contributed by atoms with E-state index in [1.807, 2.05) is 60.7 Å². The molecule has 1 heterocycles. The van der Waals surface area contributed by atoms with Crippen LogP contribution >= 0.6 is 0 Å². The van der Waals surface area contributed by atoms with E-state index in [-0.39, 0.29) is 18.2 Å². The molecule has 0 bridgehead atoms. The van der Waals surface area contributed by atoms with Gasteiger partial charge in [0.2, 0.25) is 11.8 Å². The van der Waals surface area contributed by atoms with Gasteiger partial charge in [-0.3, -0.25) is 9.59 Å². The fraction of sp³-hybridized carbons (Fsp3) is 0.200. The number of anilines is 1. The zero-order valence-corrected chi connectivity index (χ0v) is 16.6. The highest BCUT2D eigenvalue weighted by Crippen LogP contribution is 2.34. The normalized spacial score (nSPS) is 15.2. The van der Waals surface area contributed by atoms with Crippen LogP contribution in [0.25, 0.3) is 0 Å². The van der Waals surface area contributed by atoms with Crippen molar-refractivity contribution < 1.29 is 14.0 Å². The summed E-state index contributed by atoms with van der Waals surface area (Å²) >= 11 is 0. The SMILES string of the molecule is O=C1CC(C(=O)N(CCc2ccccc2)Cc2ccccc2)c2ccc(F)cc2N1.